The third-order valence-electron chi connectivity index (χ3n) is 5.97. The van der Waals surface area contributed by atoms with Gasteiger partial charge in [0.15, 0.2) is 0 Å². The normalized spacial score (nSPS) is 13.3. The summed E-state index contributed by atoms with van der Waals surface area (Å²) in [6.45, 7) is 20.3. The van der Waals surface area contributed by atoms with Gasteiger partial charge in [-0.2, -0.15) is 0 Å². The number of aryl methyl sites for hydroxylation is 1. The van der Waals surface area contributed by atoms with Gasteiger partial charge >= 0.3 is 0 Å². The third kappa shape index (κ3) is 4.45. The maximum absolute atomic E-state index is 4.51. The fraction of sp³-hybridized carbons (Fsp3) is 0.310. The van der Waals surface area contributed by atoms with E-state index in [9.17, 15) is 0 Å². The van der Waals surface area contributed by atoms with Gasteiger partial charge in [0, 0.05) is 9.79 Å². The Labute approximate surface area is 192 Å². The molecule has 0 unspecified atom stereocenters. The van der Waals surface area contributed by atoms with Crippen LogP contribution in [0.2, 0.25) is 0 Å². The molecular formula is C29H33NS. The van der Waals surface area contributed by atoms with Gasteiger partial charge < -0.3 is 5.32 Å². The fourth-order valence-electron chi connectivity index (χ4n) is 3.82. The van der Waals surface area contributed by atoms with Crippen molar-refractivity contribution in [2.45, 2.75) is 69.1 Å². The van der Waals surface area contributed by atoms with Gasteiger partial charge in [0.2, 0.25) is 0 Å². The van der Waals surface area contributed by atoms with Crippen molar-refractivity contribution in [1.29, 1.82) is 0 Å². The van der Waals surface area contributed by atoms with Crippen LogP contribution in [0.5, 0.6) is 0 Å². The van der Waals surface area contributed by atoms with E-state index in [1.807, 2.05) is 11.8 Å². The molecule has 4 rings (SSSR count). The molecule has 160 valence electrons. The Hall–Kier alpha value is -2.45. The van der Waals surface area contributed by atoms with Crippen molar-refractivity contribution >= 4 is 28.7 Å². The molecule has 0 aliphatic carbocycles. The second-order valence-electron chi connectivity index (χ2n) is 10.7. The van der Waals surface area contributed by atoms with E-state index in [1.54, 1.807) is 0 Å². The predicted molar refractivity (Wildman–Crippen MR) is 137 cm³/mol. The van der Waals surface area contributed by atoms with Crippen molar-refractivity contribution in [3.63, 3.8) is 0 Å². The lowest BCUT2D eigenvalue weighted by Crippen LogP contribution is -2.17. The molecule has 0 fully saturated rings. The van der Waals surface area contributed by atoms with Crippen molar-refractivity contribution in [2.24, 2.45) is 0 Å². The molecule has 31 heavy (non-hydrogen) atoms. The van der Waals surface area contributed by atoms with Crippen LogP contribution in [-0.2, 0) is 10.8 Å². The lowest BCUT2D eigenvalue weighted by molar-refractivity contribution is 0.568. The van der Waals surface area contributed by atoms with Gasteiger partial charge in [-0.15, -0.1) is 0 Å². The third-order valence-corrected chi connectivity index (χ3v) is 7.10. The summed E-state index contributed by atoms with van der Waals surface area (Å²) in [6.07, 6.45) is 0. The van der Waals surface area contributed by atoms with Crippen LogP contribution in [0.25, 0.3) is 5.57 Å². The Morgan fingerprint density at radius 1 is 0.710 bits per heavy atom. The SMILES string of the molecule is C=C(c1cc(C(C)(C)C)cc(C(C)(C)C)c1)c1ccc2c(c1)Nc1ccc(C)cc1S2. The average molecular weight is 428 g/mol. The van der Waals surface area contributed by atoms with Gasteiger partial charge in [0.25, 0.3) is 0 Å². The van der Waals surface area contributed by atoms with E-state index in [-0.39, 0.29) is 10.8 Å². The molecule has 1 nitrogen and oxygen atoms in total. The number of rotatable bonds is 2. The molecule has 0 saturated heterocycles. The second-order valence-corrected chi connectivity index (χ2v) is 11.8. The fourth-order valence-corrected chi connectivity index (χ4v) is 4.89. The van der Waals surface area contributed by atoms with Crippen LogP contribution >= 0.6 is 11.8 Å². The minimum atomic E-state index is 0.0895. The lowest BCUT2D eigenvalue weighted by atomic mass is 9.78. The maximum Gasteiger partial charge on any atom is 0.0532 e. The molecule has 1 heterocycles. The smallest absolute Gasteiger partial charge is 0.0532 e. The molecule has 1 aliphatic heterocycles. The molecule has 0 bridgehead atoms. The van der Waals surface area contributed by atoms with Crippen LogP contribution in [0.1, 0.15) is 69.4 Å². The number of anilines is 2. The van der Waals surface area contributed by atoms with E-state index in [4.69, 9.17) is 0 Å². The monoisotopic (exact) mass is 427 g/mol. The molecule has 3 aromatic rings. The summed E-state index contributed by atoms with van der Waals surface area (Å²) in [6, 6.07) is 20.2. The Kier molecular flexibility index (Phi) is 5.34. The highest BCUT2D eigenvalue weighted by Gasteiger charge is 2.22. The predicted octanol–water partition coefficient (Wildman–Crippen LogP) is 8.86. The molecule has 0 atom stereocenters. The molecule has 0 spiro atoms. The van der Waals surface area contributed by atoms with Crippen molar-refractivity contribution < 1.29 is 0 Å². The summed E-state index contributed by atoms with van der Waals surface area (Å²) in [4.78, 5) is 2.54. The summed E-state index contributed by atoms with van der Waals surface area (Å²) < 4.78 is 0. The number of hydrogen-bond acceptors (Lipinski definition) is 2. The van der Waals surface area contributed by atoms with E-state index in [2.05, 4.69) is 115 Å². The lowest BCUT2D eigenvalue weighted by Gasteiger charge is -2.27. The van der Waals surface area contributed by atoms with Crippen molar-refractivity contribution in [2.75, 3.05) is 5.32 Å². The Bertz CT molecular complexity index is 1140. The van der Waals surface area contributed by atoms with Gasteiger partial charge in [-0.3, -0.25) is 0 Å². The largest absolute Gasteiger partial charge is 0.354 e. The van der Waals surface area contributed by atoms with E-state index < -0.39 is 0 Å². The molecule has 3 aromatic carbocycles. The number of benzene rings is 3. The molecule has 0 radical (unpaired) electrons. The topological polar surface area (TPSA) is 12.0 Å². The summed E-state index contributed by atoms with van der Waals surface area (Å²) in [5.41, 5.74) is 9.94. The standard InChI is InChI=1S/C29H33NS/c1-18-9-11-24-27(13-18)31-26-12-10-20(16-25(26)30-24)19(2)21-14-22(28(3,4)5)17-23(15-21)29(6,7)8/h9-17,30H,2H2,1,3-8H3. The molecule has 0 amide bonds. The quantitative estimate of drug-likeness (QED) is 0.343. The molecule has 1 aliphatic rings. The molecule has 0 saturated carbocycles. The van der Waals surface area contributed by atoms with Crippen LogP contribution in [0.3, 0.4) is 0 Å². The highest BCUT2D eigenvalue weighted by molar-refractivity contribution is 7.99. The summed E-state index contributed by atoms with van der Waals surface area (Å²) in [5, 5.41) is 3.62. The van der Waals surface area contributed by atoms with E-state index >= 15 is 0 Å². The van der Waals surface area contributed by atoms with Gasteiger partial charge in [0.05, 0.1) is 11.4 Å². The number of nitrogens with one attached hydrogen (secondary N) is 1. The first kappa shape index (κ1) is 21.8. The summed E-state index contributed by atoms with van der Waals surface area (Å²) in [7, 11) is 0. The Morgan fingerprint density at radius 2 is 1.35 bits per heavy atom. The first-order valence-electron chi connectivity index (χ1n) is 11.0. The number of fused-ring (bicyclic) bond motifs is 2. The van der Waals surface area contributed by atoms with Crippen LogP contribution < -0.4 is 5.32 Å². The Morgan fingerprint density at radius 3 is 1.97 bits per heavy atom. The van der Waals surface area contributed by atoms with Crippen LogP contribution in [0.4, 0.5) is 11.4 Å². The highest BCUT2D eigenvalue weighted by Crippen LogP contribution is 2.45. The van der Waals surface area contributed by atoms with Crippen LogP contribution in [-0.4, -0.2) is 0 Å². The Balaban J connectivity index is 1.73. The maximum atomic E-state index is 4.51. The zero-order valence-corrected chi connectivity index (χ0v) is 20.6. The van der Waals surface area contributed by atoms with Gasteiger partial charge in [-0.25, -0.2) is 0 Å². The molecule has 0 aromatic heterocycles. The average Bonchev–Trinajstić information content (AvgIpc) is 2.69. The van der Waals surface area contributed by atoms with E-state index in [0.29, 0.717) is 0 Å². The van der Waals surface area contributed by atoms with Gasteiger partial charge in [0.1, 0.15) is 0 Å². The van der Waals surface area contributed by atoms with E-state index in [0.717, 1.165) is 16.8 Å². The number of hydrogen-bond donors (Lipinski definition) is 1. The zero-order chi connectivity index (χ0) is 22.6. The van der Waals surface area contributed by atoms with Crippen LogP contribution in [0, 0.1) is 6.92 Å². The van der Waals surface area contributed by atoms with Crippen molar-refractivity contribution in [3.8, 4) is 0 Å². The zero-order valence-electron chi connectivity index (χ0n) is 19.8. The minimum absolute atomic E-state index is 0.0895. The summed E-state index contributed by atoms with van der Waals surface area (Å²) in [5.74, 6) is 0. The summed E-state index contributed by atoms with van der Waals surface area (Å²) >= 11 is 1.83. The molecular weight excluding hydrogens is 394 g/mol. The highest BCUT2D eigenvalue weighted by atomic mass is 32.2. The van der Waals surface area contributed by atoms with Crippen molar-refractivity contribution in [3.05, 3.63) is 89.0 Å². The van der Waals surface area contributed by atoms with Gasteiger partial charge in [-0.1, -0.05) is 90.2 Å². The van der Waals surface area contributed by atoms with E-state index in [1.165, 1.54) is 37.7 Å². The molecule has 2 heteroatoms. The van der Waals surface area contributed by atoms with Gasteiger partial charge in [-0.05, 0) is 75.4 Å². The first-order chi connectivity index (χ1) is 14.4. The first-order valence-corrected chi connectivity index (χ1v) is 11.8. The van der Waals surface area contributed by atoms with Crippen LogP contribution in [0.15, 0.2) is 71.0 Å². The molecule has 1 N–H and O–H groups in total. The van der Waals surface area contributed by atoms with Crippen molar-refractivity contribution in [1.82, 2.24) is 0 Å². The second kappa shape index (κ2) is 7.60. The minimum Gasteiger partial charge on any atom is -0.354 e.